The van der Waals surface area contributed by atoms with E-state index in [1.165, 1.54) is 42.4 Å². The molecular weight excluding hydrogens is 384 g/mol. The summed E-state index contributed by atoms with van der Waals surface area (Å²) < 4.78 is 12.2. The molecule has 0 spiro atoms. The summed E-state index contributed by atoms with van der Waals surface area (Å²) >= 11 is 0. The van der Waals surface area contributed by atoms with Crippen molar-refractivity contribution in [2.75, 3.05) is 13.7 Å². The number of rotatable bonds is 6. The fraction of sp³-hybridized carbons (Fsp3) is 0.571. The molecule has 2 aliphatic carbocycles. The van der Waals surface area contributed by atoms with Crippen LogP contribution in [0.4, 0.5) is 0 Å². The molecule has 4 rings (SSSR count). The van der Waals surface area contributed by atoms with Crippen LogP contribution in [0.15, 0.2) is 48.5 Å². The number of aliphatic hydroxyl groups is 1. The first-order valence-corrected chi connectivity index (χ1v) is 12.1. The van der Waals surface area contributed by atoms with E-state index in [2.05, 4.69) is 55.5 Å². The van der Waals surface area contributed by atoms with Gasteiger partial charge in [0, 0.05) is 13.7 Å². The van der Waals surface area contributed by atoms with Crippen molar-refractivity contribution >= 4 is 0 Å². The van der Waals surface area contributed by atoms with Crippen LogP contribution in [0.1, 0.15) is 79.9 Å². The average Bonchev–Trinajstić information content (AvgIpc) is 3.01. The van der Waals surface area contributed by atoms with E-state index in [4.69, 9.17) is 9.47 Å². The second kappa shape index (κ2) is 10.7. The summed E-state index contributed by atoms with van der Waals surface area (Å²) in [5.74, 6) is 2.57. The first kappa shape index (κ1) is 22.4. The molecule has 2 aromatic carbocycles. The van der Waals surface area contributed by atoms with Crippen LogP contribution in [0.3, 0.4) is 0 Å². The van der Waals surface area contributed by atoms with Crippen molar-refractivity contribution in [2.45, 2.75) is 82.3 Å². The predicted octanol–water partition coefficient (Wildman–Crippen LogP) is 6.38. The monoisotopic (exact) mass is 422 g/mol. The molecule has 3 unspecified atom stereocenters. The lowest BCUT2D eigenvalue weighted by atomic mass is 9.76. The van der Waals surface area contributed by atoms with Crippen LogP contribution in [0, 0.1) is 12.8 Å². The largest absolute Gasteiger partial charge is 0.490 e. The van der Waals surface area contributed by atoms with Gasteiger partial charge in [0.25, 0.3) is 0 Å². The normalized spacial score (nSPS) is 29.3. The van der Waals surface area contributed by atoms with Crippen molar-refractivity contribution in [2.24, 2.45) is 5.92 Å². The first-order valence-electron chi connectivity index (χ1n) is 12.1. The van der Waals surface area contributed by atoms with Gasteiger partial charge in [-0.15, -0.1) is 0 Å². The molecule has 31 heavy (non-hydrogen) atoms. The molecule has 1 N–H and O–H groups in total. The highest BCUT2D eigenvalue weighted by Crippen LogP contribution is 2.43. The number of aryl methyl sites for hydroxylation is 1. The summed E-state index contributed by atoms with van der Waals surface area (Å²) in [7, 11) is 1.78. The zero-order valence-corrected chi connectivity index (χ0v) is 19.1. The molecule has 2 aliphatic rings. The number of hydrogen-bond acceptors (Lipinski definition) is 3. The molecule has 0 radical (unpaired) electrons. The third-order valence-electron chi connectivity index (χ3n) is 7.49. The van der Waals surface area contributed by atoms with Crippen molar-refractivity contribution < 1.29 is 14.6 Å². The van der Waals surface area contributed by atoms with Crippen molar-refractivity contribution in [1.82, 2.24) is 0 Å². The van der Waals surface area contributed by atoms with Crippen LogP contribution in [0.2, 0.25) is 0 Å². The Morgan fingerprint density at radius 1 is 0.839 bits per heavy atom. The lowest BCUT2D eigenvalue weighted by Crippen LogP contribution is -2.22. The number of ether oxygens (including phenoxy) is 2. The maximum Gasteiger partial charge on any atom is 0.123 e. The third kappa shape index (κ3) is 5.70. The molecule has 3 nitrogen and oxygen atoms in total. The van der Waals surface area contributed by atoms with Crippen molar-refractivity contribution in [1.29, 1.82) is 0 Å². The molecule has 3 atom stereocenters. The lowest BCUT2D eigenvalue weighted by Gasteiger charge is -2.31. The fourth-order valence-corrected chi connectivity index (χ4v) is 5.68. The van der Waals surface area contributed by atoms with E-state index in [-0.39, 0.29) is 24.7 Å². The Hall–Kier alpha value is -1.84. The second-order valence-corrected chi connectivity index (χ2v) is 9.70. The van der Waals surface area contributed by atoms with Gasteiger partial charge in [0.05, 0.1) is 12.2 Å². The van der Waals surface area contributed by atoms with Gasteiger partial charge in [-0.1, -0.05) is 48.0 Å². The van der Waals surface area contributed by atoms with Crippen LogP contribution in [0.5, 0.6) is 5.75 Å². The van der Waals surface area contributed by atoms with E-state index in [9.17, 15) is 5.11 Å². The van der Waals surface area contributed by atoms with Gasteiger partial charge in [-0.3, -0.25) is 0 Å². The fourth-order valence-electron chi connectivity index (χ4n) is 5.68. The van der Waals surface area contributed by atoms with Gasteiger partial charge in [-0.25, -0.2) is 0 Å². The minimum absolute atomic E-state index is 0.155. The highest BCUT2D eigenvalue weighted by atomic mass is 16.5. The number of aliphatic hydroxyl groups excluding tert-OH is 1. The molecule has 0 aromatic heterocycles. The molecule has 0 amide bonds. The molecule has 2 saturated carbocycles. The second-order valence-electron chi connectivity index (χ2n) is 9.70. The van der Waals surface area contributed by atoms with Crippen molar-refractivity contribution in [3.63, 3.8) is 0 Å². The van der Waals surface area contributed by atoms with E-state index >= 15 is 0 Å². The van der Waals surface area contributed by atoms with Crippen molar-refractivity contribution in [3.8, 4) is 5.75 Å². The maximum absolute atomic E-state index is 9.80. The highest BCUT2D eigenvalue weighted by Gasteiger charge is 2.29. The summed E-state index contributed by atoms with van der Waals surface area (Å²) in [6.45, 7) is 2.40. The Bertz CT molecular complexity index is 825. The van der Waals surface area contributed by atoms with Gasteiger partial charge in [-0.2, -0.15) is 0 Å². The highest BCUT2D eigenvalue weighted by molar-refractivity contribution is 5.37. The maximum atomic E-state index is 9.80. The predicted molar refractivity (Wildman–Crippen MR) is 126 cm³/mol. The Morgan fingerprint density at radius 2 is 1.55 bits per heavy atom. The molecule has 0 bridgehead atoms. The Kier molecular flexibility index (Phi) is 7.68. The van der Waals surface area contributed by atoms with E-state index in [1.807, 2.05) is 0 Å². The molecule has 3 heteroatoms. The summed E-state index contributed by atoms with van der Waals surface area (Å²) in [6, 6.07) is 17.7. The van der Waals surface area contributed by atoms with E-state index in [0.717, 1.165) is 31.4 Å². The molecule has 2 fully saturated rings. The molecule has 168 valence electrons. The van der Waals surface area contributed by atoms with Gasteiger partial charge in [0.15, 0.2) is 0 Å². The standard InChI is InChI=1S/C28H38O3/c1-20-6-5-7-24(16-20)22-10-12-23(13-11-22)27-8-3-4-9-28(27)31-26-15-14-25(30-2)17-21(18-26)19-29/h3-9,16,21-23,25-26,29H,10-15,17-19H2,1-2H3. The first-order chi connectivity index (χ1) is 15.2. The van der Waals surface area contributed by atoms with Gasteiger partial charge >= 0.3 is 0 Å². The Balaban J connectivity index is 1.42. The van der Waals surface area contributed by atoms with Crippen LogP contribution < -0.4 is 4.74 Å². The van der Waals surface area contributed by atoms with Gasteiger partial charge in [0.1, 0.15) is 5.75 Å². The number of hydrogen-bond donors (Lipinski definition) is 1. The molecule has 2 aromatic rings. The van der Waals surface area contributed by atoms with Gasteiger partial charge in [-0.05, 0) is 93.2 Å². The van der Waals surface area contributed by atoms with E-state index in [1.54, 1.807) is 7.11 Å². The Morgan fingerprint density at radius 3 is 2.29 bits per heavy atom. The number of methoxy groups -OCH3 is 1. The van der Waals surface area contributed by atoms with E-state index < -0.39 is 0 Å². The SMILES string of the molecule is COC1CCC(Oc2ccccc2C2CCC(c3cccc(C)c3)CC2)CC(CO)C1. The number of benzene rings is 2. The van der Waals surface area contributed by atoms with Gasteiger partial charge in [0.2, 0.25) is 0 Å². The minimum atomic E-state index is 0.155. The molecule has 0 aliphatic heterocycles. The Labute approximate surface area is 187 Å². The summed E-state index contributed by atoms with van der Waals surface area (Å²) in [5, 5.41) is 9.80. The zero-order valence-electron chi connectivity index (χ0n) is 19.1. The zero-order chi connectivity index (χ0) is 21.6. The molecule has 0 heterocycles. The van der Waals surface area contributed by atoms with E-state index in [0.29, 0.717) is 11.8 Å². The molecule has 0 saturated heterocycles. The topological polar surface area (TPSA) is 38.7 Å². The quantitative estimate of drug-likeness (QED) is 0.549. The number of para-hydroxylation sites is 1. The summed E-state index contributed by atoms with van der Waals surface area (Å²) in [6.07, 6.45) is 9.14. The van der Waals surface area contributed by atoms with Crippen LogP contribution in [0.25, 0.3) is 0 Å². The average molecular weight is 423 g/mol. The van der Waals surface area contributed by atoms with Crippen molar-refractivity contribution in [3.05, 3.63) is 65.2 Å². The minimum Gasteiger partial charge on any atom is -0.490 e. The van der Waals surface area contributed by atoms with Crippen LogP contribution >= 0.6 is 0 Å². The van der Waals surface area contributed by atoms with Gasteiger partial charge < -0.3 is 14.6 Å². The van der Waals surface area contributed by atoms with Crippen LogP contribution in [-0.4, -0.2) is 31.0 Å². The summed E-state index contributed by atoms with van der Waals surface area (Å²) in [4.78, 5) is 0. The smallest absolute Gasteiger partial charge is 0.123 e. The third-order valence-corrected chi connectivity index (χ3v) is 7.49. The summed E-state index contributed by atoms with van der Waals surface area (Å²) in [5.41, 5.74) is 4.24. The molecular formula is C28H38O3. The lowest BCUT2D eigenvalue weighted by molar-refractivity contribution is 0.0685. The van der Waals surface area contributed by atoms with Crippen LogP contribution in [-0.2, 0) is 4.74 Å².